The summed E-state index contributed by atoms with van der Waals surface area (Å²) in [5.74, 6) is -0.323. The molecule has 0 saturated carbocycles. The maximum atomic E-state index is 12.7. The van der Waals surface area contributed by atoms with Crippen molar-refractivity contribution in [3.8, 4) is 5.75 Å². The number of anilines is 2. The van der Waals surface area contributed by atoms with E-state index in [1.165, 1.54) is 5.56 Å². The molecular formula is C31H35N3O4. The molecule has 2 N–H and O–H groups in total. The van der Waals surface area contributed by atoms with Gasteiger partial charge in [-0.25, -0.2) is 0 Å². The van der Waals surface area contributed by atoms with Gasteiger partial charge in [-0.2, -0.15) is 0 Å². The van der Waals surface area contributed by atoms with Crippen LogP contribution >= 0.6 is 0 Å². The van der Waals surface area contributed by atoms with E-state index >= 15 is 0 Å². The molecule has 0 radical (unpaired) electrons. The van der Waals surface area contributed by atoms with E-state index in [0.29, 0.717) is 24.5 Å². The van der Waals surface area contributed by atoms with E-state index in [4.69, 9.17) is 4.74 Å². The molecule has 4 rings (SSSR count). The van der Waals surface area contributed by atoms with Crippen molar-refractivity contribution in [1.82, 2.24) is 5.32 Å². The quantitative estimate of drug-likeness (QED) is 0.428. The molecule has 1 atom stereocenters. The standard InChI is InChI=1S/C31H35N3O4/c1-5-23-6-8-24(9-7-23)17-32-31(37)25-16-29(36)34(18-25)26-10-12-27(13-11-26)38-19-28(35)33-30-21(3)14-20(2)15-22(30)4/h6-15,25H,5,16-19H2,1-4H3,(H,32,37)(H,33,35)/t25-/m1/s1. The molecular weight excluding hydrogens is 478 g/mol. The number of carbonyl (C=O) groups is 3. The van der Waals surface area contributed by atoms with Crippen LogP contribution in [0.1, 0.15) is 41.2 Å². The SMILES string of the molecule is CCc1ccc(CNC(=O)[C@@H]2CC(=O)N(c3ccc(OCC(=O)Nc4c(C)cc(C)cc4C)cc3)C2)cc1. The molecule has 7 nitrogen and oxygen atoms in total. The number of rotatable bonds is 9. The average Bonchev–Trinajstić information content (AvgIpc) is 3.30. The zero-order valence-corrected chi connectivity index (χ0v) is 22.5. The van der Waals surface area contributed by atoms with Crippen molar-refractivity contribution in [2.45, 2.75) is 47.1 Å². The van der Waals surface area contributed by atoms with Gasteiger partial charge >= 0.3 is 0 Å². The number of carbonyl (C=O) groups excluding carboxylic acids is 3. The first-order valence-electron chi connectivity index (χ1n) is 13.0. The van der Waals surface area contributed by atoms with Crippen LogP contribution in [0.15, 0.2) is 60.7 Å². The third-order valence-corrected chi connectivity index (χ3v) is 6.85. The van der Waals surface area contributed by atoms with Crippen LogP contribution in [0.3, 0.4) is 0 Å². The summed E-state index contributed by atoms with van der Waals surface area (Å²) in [7, 11) is 0. The van der Waals surface area contributed by atoms with Crippen LogP contribution in [0.2, 0.25) is 0 Å². The summed E-state index contributed by atoms with van der Waals surface area (Å²) in [4.78, 5) is 39.4. The Kier molecular flexibility index (Phi) is 8.46. The van der Waals surface area contributed by atoms with Crippen molar-refractivity contribution in [1.29, 1.82) is 0 Å². The van der Waals surface area contributed by atoms with Gasteiger partial charge in [0.25, 0.3) is 5.91 Å². The fraction of sp³-hybridized carbons (Fsp3) is 0.323. The minimum absolute atomic E-state index is 0.0886. The highest BCUT2D eigenvalue weighted by Gasteiger charge is 2.35. The van der Waals surface area contributed by atoms with Crippen LogP contribution in [0.5, 0.6) is 5.75 Å². The molecule has 0 aliphatic carbocycles. The highest BCUT2D eigenvalue weighted by Crippen LogP contribution is 2.27. The molecule has 1 saturated heterocycles. The van der Waals surface area contributed by atoms with Crippen LogP contribution in [-0.2, 0) is 27.3 Å². The highest BCUT2D eigenvalue weighted by molar-refractivity contribution is 6.00. The molecule has 0 unspecified atom stereocenters. The number of nitrogens with zero attached hydrogens (tertiary/aromatic N) is 1. The molecule has 38 heavy (non-hydrogen) atoms. The first kappa shape index (κ1) is 26.9. The summed E-state index contributed by atoms with van der Waals surface area (Å²) in [6, 6.07) is 19.2. The fourth-order valence-corrected chi connectivity index (χ4v) is 4.78. The van der Waals surface area contributed by atoms with E-state index in [9.17, 15) is 14.4 Å². The Morgan fingerprint density at radius 2 is 1.58 bits per heavy atom. The Labute approximate surface area is 224 Å². The Morgan fingerprint density at radius 3 is 2.21 bits per heavy atom. The number of hydrogen-bond acceptors (Lipinski definition) is 4. The lowest BCUT2D eigenvalue weighted by atomic mass is 10.1. The molecule has 0 spiro atoms. The van der Waals surface area contributed by atoms with Gasteiger partial charge in [0.1, 0.15) is 5.75 Å². The predicted octanol–water partition coefficient (Wildman–Crippen LogP) is 4.86. The second-order valence-corrected chi connectivity index (χ2v) is 9.90. The molecule has 1 fully saturated rings. The third-order valence-electron chi connectivity index (χ3n) is 6.85. The van der Waals surface area contributed by atoms with E-state index in [2.05, 4.69) is 29.7 Å². The molecule has 1 heterocycles. The number of amides is 3. The largest absolute Gasteiger partial charge is 0.484 e. The monoisotopic (exact) mass is 513 g/mol. The Bertz CT molecular complexity index is 1290. The van der Waals surface area contributed by atoms with Crippen LogP contribution in [0, 0.1) is 26.7 Å². The molecule has 3 amide bonds. The fourth-order valence-electron chi connectivity index (χ4n) is 4.78. The smallest absolute Gasteiger partial charge is 0.262 e. The molecule has 3 aromatic carbocycles. The van der Waals surface area contributed by atoms with Gasteiger partial charge in [0.05, 0.1) is 5.92 Å². The predicted molar refractivity (Wildman–Crippen MR) is 149 cm³/mol. The lowest BCUT2D eigenvalue weighted by molar-refractivity contribution is -0.126. The van der Waals surface area contributed by atoms with Crippen molar-refractivity contribution < 1.29 is 19.1 Å². The van der Waals surface area contributed by atoms with E-state index in [1.54, 1.807) is 29.2 Å². The third kappa shape index (κ3) is 6.59. The van der Waals surface area contributed by atoms with Gasteiger partial charge in [0.2, 0.25) is 11.8 Å². The van der Waals surface area contributed by atoms with Crippen molar-refractivity contribution in [3.05, 3.63) is 88.5 Å². The lowest BCUT2D eigenvalue weighted by Gasteiger charge is -2.17. The number of aryl methyl sites for hydroxylation is 4. The van der Waals surface area contributed by atoms with Crippen molar-refractivity contribution in [3.63, 3.8) is 0 Å². The molecule has 7 heteroatoms. The molecule has 3 aromatic rings. The summed E-state index contributed by atoms with van der Waals surface area (Å²) in [6.45, 7) is 8.71. The molecule has 198 valence electrons. The summed E-state index contributed by atoms with van der Waals surface area (Å²) < 4.78 is 5.66. The number of ether oxygens (including phenoxy) is 1. The van der Waals surface area contributed by atoms with E-state index in [-0.39, 0.29) is 30.7 Å². The van der Waals surface area contributed by atoms with Gasteiger partial charge in [-0.15, -0.1) is 0 Å². The molecule has 0 aromatic heterocycles. The van der Waals surface area contributed by atoms with E-state index in [0.717, 1.165) is 34.4 Å². The van der Waals surface area contributed by atoms with E-state index < -0.39 is 5.92 Å². The minimum Gasteiger partial charge on any atom is -0.484 e. The average molecular weight is 514 g/mol. The second kappa shape index (κ2) is 11.9. The van der Waals surface area contributed by atoms with E-state index in [1.807, 2.05) is 45.0 Å². The van der Waals surface area contributed by atoms with Crippen molar-refractivity contribution in [2.24, 2.45) is 5.92 Å². The summed E-state index contributed by atoms with van der Waals surface area (Å²) in [5.41, 5.74) is 6.95. The van der Waals surface area contributed by atoms with Crippen LogP contribution in [-0.4, -0.2) is 30.9 Å². The summed E-state index contributed by atoms with van der Waals surface area (Å²) in [5, 5.41) is 5.88. The zero-order chi connectivity index (χ0) is 27.2. The first-order chi connectivity index (χ1) is 18.2. The van der Waals surface area contributed by atoms with Gasteiger partial charge in [-0.05, 0) is 73.7 Å². The zero-order valence-electron chi connectivity index (χ0n) is 22.5. The first-order valence-corrected chi connectivity index (χ1v) is 13.0. The number of benzene rings is 3. The molecule has 0 bridgehead atoms. The molecule has 1 aliphatic heterocycles. The Hall–Kier alpha value is -4.13. The van der Waals surface area contributed by atoms with Crippen molar-refractivity contribution >= 4 is 29.1 Å². The van der Waals surface area contributed by atoms with Crippen LogP contribution in [0.25, 0.3) is 0 Å². The second-order valence-electron chi connectivity index (χ2n) is 9.90. The van der Waals surface area contributed by atoms with Gasteiger partial charge in [0, 0.05) is 30.9 Å². The maximum Gasteiger partial charge on any atom is 0.262 e. The lowest BCUT2D eigenvalue weighted by Crippen LogP contribution is -2.32. The highest BCUT2D eigenvalue weighted by atomic mass is 16.5. The van der Waals surface area contributed by atoms with Gasteiger partial charge in [-0.1, -0.05) is 48.9 Å². The Balaban J connectivity index is 1.27. The number of hydrogen-bond donors (Lipinski definition) is 2. The van der Waals surface area contributed by atoms with Gasteiger partial charge in [0.15, 0.2) is 6.61 Å². The van der Waals surface area contributed by atoms with Crippen LogP contribution in [0.4, 0.5) is 11.4 Å². The van der Waals surface area contributed by atoms with Crippen LogP contribution < -0.4 is 20.3 Å². The topological polar surface area (TPSA) is 87.7 Å². The maximum absolute atomic E-state index is 12.7. The normalized spacial score (nSPS) is 14.9. The summed E-state index contributed by atoms with van der Waals surface area (Å²) in [6.07, 6.45) is 1.15. The van der Waals surface area contributed by atoms with Gasteiger partial charge in [-0.3, -0.25) is 14.4 Å². The van der Waals surface area contributed by atoms with Gasteiger partial charge < -0.3 is 20.3 Å². The summed E-state index contributed by atoms with van der Waals surface area (Å²) >= 11 is 0. The minimum atomic E-state index is -0.397. The number of nitrogens with one attached hydrogen (secondary N) is 2. The Morgan fingerprint density at radius 1 is 0.947 bits per heavy atom. The molecule has 1 aliphatic rings. The van der Waals surface area contributed by atoms with Crippen molar-refractivity contribution in [2.75, 3.05) is 23.4 Å².